The lowest BCUT2D eigenvalue weighted by Gasteiger charge is -2.34. The van der Waals surface area contributed by atoms with Gasteiger partial charge < -0.3 is 16.9 Å². The molecular weight excluding hydrogens is 278 g/mol. The van der Waals surface area contributed by atoms with Gasteiger partial charge in [-0.3, -0.25) is 0 Å². The van der Waals surface area contributed by atoms with Crippen molar-refractivity contribution in [1.82, 2.24) is 0 Å². The zero-order valence-electron chi connectivity index (χ0n) is 15.6. The van der Waals surface area contributed by atoms with Gasteiger partial charge in [-0.2, -0.15) is 0 Å². The summed E-state index contributed by atoms with van der Waals surface area (Å²) < 4.78 is 1.15. The molecule has 21 heavy (non-hydrogen) atoms. The maximum absolute atomic E-state index is 2.38. The molecule has 0 heterocycles. The van der Waals surface area contributed by atoms with Gasteiger partial charge in [0.2, 0.25) is 0 Å². The van der Waals surface area contributed by atoms with Gasteiger partial charge in [-0.1, -0.05) is 71.6 Å². The molecule has 0 bridgehead atoms. The summed E-state index contributed by atoms with van der Waals surface area (Å²) in [5.74, 6) is 0. The minimum atomic E-state index is 0. The van der Waals surface area contributed by atoms with Gasteiger partial charge in [-0.15, -0.1) is 0 Å². The summed E-state index contributed by atoms with van der Waals surface area (Å²) in [6, 6.07) is 0.877. The molecule has 0 saturated heterocycles. The van der Waals surface area contributed by atoms with Crippen molar-refractivity contribution in [2.45, 2.75) is 103 Å². The molecule has 0 aliphatic rings. The van der Waals surface area contributed by atoms with E-state index in [0.717, 1.165) is 10.5 Å². The van der Waals surface area contributed by atoms with E-state index < -0.39 is 0 Å². The number of nitrogens with zero attached hydrogens (tertiary/aromatic N) is 1. The topological polar surface area (TPSA) is 0 Å². The van der Waals surface area contributed by atoms with E-state index in [1.165, 1.54) is 83.5 Å². The zero-order valence-corrected chi connectivity index (χ0v) is 16.4. The summed E-state index contributed by atoms with van der Waals surface area (Å²) >= 11 is 0. The van der Waals surface area contributed by atoms with E-state index in [0.29, 0.717) is 0 Å². The van der Waals surface area contributed by atoms with E-state index in [4.69, 9.17) is 0 Å². The Morgan fingerprint density at radius 1 is 0.571 bits per heavy atom. The Balaban J connectivity index is 0. The van der Waals surface area contributed by atoms with Crippen LogP contribution in [-0.4, -0.2) is 31.7 Å². The maximum atomic E-state index is 2.38. The molecule has 0 rings (SSSR count). The predicted molar refractivity (Wildman–Crippen MR) is 93.2 cm³/mol. The van der Waals surface area contributed by atoms with Crippen molar-refractivity contribution in [3.05, 3.63) is 0 Å². The molecule has 0 saturated carbocycles. The third-order valence-corrected chi connectivity index (χ3v) is 4.63. The molecular formula is C19H42ClN. The number of quaternary nitrogens is 1. The van der Waals surface area contributed by atoms with Gasteiger partial charge in [0.05, 0.1) is 27.2 Å². The monoisotopic (exact) mass is 319 g/mol. The van der Waals surface area contributed by atoms with Crippen LogP contribution in [0.3, 0.4) is 0 Å². The molecule has 0 aromatic heterocycles. The molecule has 0 amide bonds. The lowest BCUT2D eigenvalue weighted by Crippen LogP contribution is -3.00. The van der Waals surface area contributed by atoms with Crippen molar-refractivity contribution in [1.29, 1.82) is 0 Å². The smallest absolute Gasteiger partial charge is 0.0884 e. The van der Waals surface area contributed by atoms with E-state index in [1.54, 1.807) is 0 Å². The second-order valence-corrected chi connectivity index (χ2v) is 7.53. The van der Waals surface area contributed by atoms with Crippen LogP contribution >= 0.6 is 0 Å². The third-order valence-electron chi connectivity index (χ3n) is 4.63. The van der Waals surface area contributed by atoms with Crippen LogP contribution in [0, 0.1) is 0 Å². The molecule has 0 fully saturated rings. The molecule has 2 heteroatoms. The Morgan fingerprint density at radius 2 is 0.905 bits per heavy atom. The van der Waals surface area contributed by atoms with Crippen molar-refractivity contribution in [3.8, 4) is 0 Å². The van der Waals surface area contributed by atoms with Crippen LogP contribution in [0.4, 0.5) is 0 Å². The molecule has 0 spiro atoms. The first-order chi connectivity index (χ1) is 9.52. The molecule has 0 aromatic carbocycles. The van der Waals surface area contributed by atoms with Crippen LogP contribution in [0.15, 0.2) is 0 Å². The SMILES string of the molecule is CCCCCCCCCCC(CCCCC)[N+](C)(C)C.[Cl-]. The lowest BCUT2D eigenvalue weighted by atomic mass is 9.98. The second kappa shape index (κ2) is 15.2. The highest BCUT2D eigenvalue weighted by atomic mass is 35.5. The minimum absolute atomic E-state index is 0. The van der Waals surface area contributed by atoms with Gasteiger partial charge in [-0.25, -0.2) is 0 Å². The van der Waals surface area contributed by atoms with E-state index >= 15 is 0 Å². The van der Waals surface area contributed by atoms with Crippen LogP contribution in [0.2, 0.25) is 0 Å². The lowest BCUT2D eigenvalue weighted by molar-refractivity contribution is -0.896. The van der Waals surface area contributed by atoms with Crippen LogP contribution in [0.1, 0.15) is 97.3 Å². The Morgan fingerprint density at radius 3 is 1.33 bits per heavy atom. The predicted octanol–water partition coefficient (Wildman–Crippen LogP) is 3.18. The molecule has 0 radical (unpaired) electrons. The van der Waals surface area contributed by atoms with E-state index in [-0.39, 0.29) is 12.4 Å². The van der Waals surface area contributed by atoms with Gasteiger partial charge in [0, 0.05) is 0 Å². The Kier molecular flexibility index (Phi) is 17.0. The van der Waals surface area contributed by atoms with E-state index in [1.807, 2.05) is 0 Å². The highest BCUT2D eigenvalue weighted by molar-refractivity contribution is 4.60. The second-order valence-electron chi connectivity index (χ2n) is 7.53. The number of halogens is 1. The fourth-order valence-electron chi connectivity index (χ4n) is 3.06. The Bertz CT molecular complexity index is 198. The summed E-state index contributed by atoms with van der Waals surface area (Å²) in [4.78, 5) is 0. The summed E-state index contributed by atoms with van der Waals surface area (Å²) in [6.07, 6.45) is 18.6. The minimum Gasteiger partial charge on any atom is -1.00 e. The maximum Gasteiger partial charge on any atom is 0.0884 e. The van der Waals surface area contributed by atoms with Crippen LogP contribution in [0.25, 0.3) is 0 Å². The summed E-state index contributed by atoms with van der Waals surface area (Å²) in [5.41, 5.74) is 0. The molecule has 130 valence electrons. The fraction of sp³-hybridized carbons (Fsp3) is 1.00. The summed E-state index contributed by atoms with van der Waals surface area (Å²) in [7, 11) is 7.13. The molecule has 0 aliphatic heterocycles. The van der Waals surface area contributed by atoms with Gasteiger partial charge in [0.25, 0.3) is 0 Å². The highest BCUT2D eigenvalue weighted by Gasteiger charge is 2.22. The molecule has 1 nitrogen and oxygen atoms in total. The van der Waals surface area contributed by atoms with Crippen LogP contribution in [0.5, 0.6) is 0 Å². The van der Waals surface area contributed by atoms with Crippen molar-refractivity contribution in [3.63, 3.8) is 0 Å². The van der Waals surface area contributed by atoms with Crippen molar-refractivity contribution in [2.24, 2.45) is 0 Å². The molecule has 1 atom stereocenters. The quantitative estimate of drug-likeness (QED) is 0.341. The van der Waals surface area contributed by atoms with Crippen LogP contribution in [-0.2, 0) is 0 Å². The molecule has 0 N–H and O–H groups in total. The van der Waals surface area contributed by atoms with Gasteiger partial charge in [0.1, 0.15) is 0 Å². The molecule has 0 aromatic rings. The first-order valence-electron chi connectivity index (χ1n) is 9.33. The highest BCUT2D eigenvalue weighted by Crippen LogP contribution is 2.19. The van der Waals surface area contributed by atoms with Crippen molar-refractivity contribution < 1.29 is 16.9 Å². The third kappa shape index (κ3) is 14.9. The van der Waals surface area contributed by atoms with Gasteiger partial charge in [0.15, 0.2) is 0 Å². The fourth-order valence-corrected chi connectivity index (χ4v) is 3.06. The summed E-state index contributed by atoms with van der Waals surface area (Å²) in [6.45, 7) is 4.60. The number of unbranched alkanes of at least 4 members (excludes halogenated alkanes) is 9. The average Bonchev–Trinajstić information content (AvgIpc) is 2.38. The number of hydrogen-bond acceptors (Lipinski definition) is 0. The Labute approximate surface area is 141 Å². The van der Waals surface area contributed by atoms with Gasteiger partial charge >= 0.3 is 0 Å². The van der Waals surface area contributed by atoms with Gasteiger partial charge in [-0.05, 0) is 25.7 Å². The average molecular weight is 320 g/mol. The van der Waals surface area contributed by atoms with Crippen molar-refractivity contribution in [2.75, 3.05) is 21.1 Å². The number of hydrogen-bond donors (Lipinski definition) is 0. The largest absolute Gasteiger partial charge is 1.00 e. The zero-order chi connectivity index (χ0) is 15.3. The standard InChI is InChI=1S/C19H42N.ClH/c1-6-8-10-11-12-13-14-16-18-19(20(3,4)5)17-15-9-7-2;/h19H,6-18H2,1-5H3;1H/q+1;/p-1. The van der Waals surface area contributed by atoms with E-state index in [9.17, 15) is 0 Å². The van der Waals surface area contributed by atoms with E-state index in [2.05, 4.69) is 35.0 Å². The summed E-state index contributed by atoms with van der Waals surface area (Å²) in [5, 5.41) is 0. The normalized spacial score (nSPS) is 13.0. The Hall–Kier alpha value is 0.250. The number of rotatable bonds is 14. The first-order valence-corrected chi connectivity index (χ1v) is 9.33. The van der Waals surface area contributed by atoms with Crippen molar-refractivity contribution >= 4 is 0 Å². The first kappa shape index (κ1) is 23.5. The molecule has 1 unspecified atom stereocenters. The van der Waals surface area contributed by atoms with Crippen LogP contribution < -0.4 is 12.4 Å². The molecule has 0 aliphatic carbocycles.